The zero-order chi connectivity index (χ0) is 14.9. The molecule has 0 unspecified atom stereocenters. The van der Waals surface area contributed by atoms with Crippen LogP contribution in [0.3, 0.4) is 0 Å². The lowest BCUT2D eigenvalue weighted by atomic mass is 10.2. The average Bonchev–Trinajstić information content (AvgIpc) is 2.65. The monoisotopic (exact) mass is 297 g/mol. The fourth-order valence-corrected chi connectivity index (χ4v) is 2.01. The van der Waals surface area contributed by atoms with Crippen LogP contribution in [0.2, 0.25) is 5.28 Å². The molecule has 0 fully saturated rings. The Morgan fingerprint density at radius 2 is 2.00 bits per heavy atom. The van der Waals surface area contributed by atoms with Crippen LogP contribution in [0.15, 0.2) is 4.52 Å². The Hall–Kier alpha value is -2.22. The van der Waals surface area contributed by atoms with Crippen LogP contribution in [0.25, 0.3) is 0 Å². The SMILES string of the molecule is Cc1noc(C)c1CNc1nc(Cl)nc(C)c1[N+](=O)[O-]. The number of hydrogen-bond acceptors (Lipinski definition) is 7. The largest absolute Gasteiger partial charge is 0.361 e. The standard InChI is InChI=1S/C11H12ClN5O3/c1-5-8(7(3)20-16-5)4-13-10-9(17(18)19)6(2)14-11(12)15-10/h4H2,1-3H3,(H,13,14,15). The molecule has 106 valence electrons. The molecule has 20 heavy (non-hydrogen) atoms. The van der Waals surface area contributed by atoms with Gasteiger partial charge in [0.2, 0.25) is 11.1 Å². The highest BCUT2D eigenvalue weighted by Crippen LogP contribution is 2.27. The summed E-state index contributed by atoms with van der Waals surface area (Å²) in [5.41, 5.74) is 1.55. The van der Waals surface area contributed by atoms with E-state index in [0.717, 1.165) is 11.3 Å². The zero-order valence-corrected chi connectivity index (χ0v) is 11.9. The Balaban J connectivity index is 2.32. The number of nitrogens with zero attached hydrogens (tertiary/aromatic N) is 4. The fourth-order valence-electron chi connectivity index (χ4n) is 1.80. The molecule has 0 saturated carbocycles. The van der Waals surface area contributed by atoms with E-state index >= 15 is 0 Å². The number of aromatic nitrogens is 3. The molecule has 0 bridgehead atoms. The molecule has 0 aliphatic carbocycles. The lowest BCUT2D eigenvalue weighted by Gasteiger charge is -2.07. The quantitative estimate of drug-likeness (QED) is 0.525. The summed E-state index contributed by atoms with van der Waals surface area (Å²) in [7, 11) is 0. The van der Waals surface area contributed by atoms with Gasteiger partial charge in [0.05, 0.1) is 10.6 Å². The zero-order valence-electron chi connectivity index (χ0n) is 11.1. The second-order valence-corrected chi connectivity index (χ2v) is 4.53. The second kappa shape index (κ2) is 5.41. The van der Waals surface area contributed by atoms with Crippen molar-refractivity contribution in [2.75, 3.05) is 5.32 Å². The molecular weight excluding hydrogens is 286 g/mol. The van der Waals surface area contributed by atoms with Crippen molar-refractivity contribution in [3.63, 3.8) is 0 Å². The molecule has 2 aromatic heterocycles. The fraction of sp³-hybridized carbons (Fsp3) is 0.364. The van der Waals surface area contributed by atoms with Crippen molar-refractivity contribution < 1.29 is 9.45 Å². The predicted molar refractivity (Wildman–Crippen MR) is 71.7 cm³/mol. The van der Waals surface area contributed by atoms with E-state index in [9.17, 15) is 10.1 Å². The molecule has 2 rings (SSSR count). The number of anilines is 1. The maximum atomic E-state index is 11.1. The molecule has 0 aliphatic heterocycles. The Labute approximate surface area is 119 Å². The van der Waals surface area contributed by atoms with E-state index in [1.165, 1.54) is 6.92 Å². The van der Waals surface area contributed by atoms with E-state index in [0.29, 0.717) is 12.3 Å². The van der Waals surface area contributed by atoms with Crippen molar-refractivity contribution in [2.24, 2.45) is 0 Å². The maximum absolute atomic E-state index is 11.1. The number of aryl methyl sites for hydroxylation is 3. The Bertz CT molecular complexity index is 651. The Kier molecular flexibility index (Phi) is 3.84. The minimum atomic E-state index is -0.540. The summed E-state index contributed by atoms with van der Waals surface area (Å²) in [5, 5.41) is 17.7. The van der Waals surface area contributed by atoms with E-state index < -0.39 is 4.92 Å². The first-order valence-corrected chi connectivity index (χ1v) is 6.12. The third kappa shape index (κ3) is 2.69. The summed E-state index contributed by atoms with van der Waals surface area (Å²) >= 11 is 5.73. The van der Waals surface area contributed by atoms with E-state index in [4.69, 9.17) is 16.1 Å². The van der Waals surface area contributed by atoms with Crippen LogP contribution < -0.4 is 5.32 Å². The molecule has 0 radical (unpaired) electrons. The minimum absolute atomic E-state index is 0.0469. The van der Waals surface area contributed by atoms with Crippen LogP contribution in [0, 0.1) is 30.9 Å². The molecule has 2 heterocycles. The molecule has 9 heteroatoms. The summed E-state index contributed by atoms with van der Waals surface area (Å²) in [6, 6.07) is 0. The van der Waals surface area contributed by atoms with Crippen molar-refractivity contribution in [2.45, 2.75) is 27.3 Å². The Morgan fingerprint density at radius 1 is 1.30 bits per heavy atom. The predicted octanol–water partition coefficient (Wildman–Crippen LogP) is 2.56. The maximum Gasteiger partial charge on any atom is 0.332 e. The van der Waals surface area contributed by atoms with Gasteiger partial charge in [0.15, 0.2) is 0 Å². The summed E-state index contributed by atoms with van der Waals surface area (Å²) in [6.07, 6.45) is 0. The lowest BCUT2D eigenvalue weighted by Crippen LogP contribution is -2.08. The number of nitro groups is 1. The van der Waals surface area contributed by atoms with E-state index in [1.807, 2.05) is 0 Å². The number of hydrogen-bond donors (Lipinski definition) is 1. The highest BCUT2D eigenvalue weighted by atomic mass is 35.5. The van der Waals surface area contributed by atoms with Gasteiger partial charge in [-0.05, 0) is 32.4 Å². The third-order valence-electron chi connectivity index (χ3n) is 2.83. The first kappa shape index (κ1) is 14.2. The normalized spacial score (nSPS) is 10.6. The minimum Gasteiger partial charge on any atom is -0.361 e. The highest BCUT2D eigenvalue weighted by Gasteiger charge is 2.22. The lowest BCUT2D eigenvalue weighted by molar-refractivity contribution is -0.385. The molecule has 0 spiro atoms. The van der Waals surface area contributed by atoms with Gasteiger partial charge in [0, 0.05) is 12.1 Å². The number of rotatable bonds is 4. The molecule has 0 amide bonds. The molecule has 0 aliphatic rings. The first-order chi connectivity index (χ1) is 9.40. The van der Waals surface area contributed by atoms with Crippen molar-refractivity contribution in [1.29, 1.82) is 0 Å². The Morgan fingerprint density at radius 3 is 2.55 bits per heavy atom. The van der Waals surface area contributed by atoms with Crippen molar-refractivity contribution >= 4 is 23.1 Å². The average molecular weight is 298 g/mol. The van der Waals surface area contributed by atoms with E-state index in [1.54, 1.807) is 13.8 Å². The van der Waals surface area contributed by atoms with Gasteiger partial charge < -0.3 is 9.84 Å². The second-order valence-electron chi connectivity index (χ2n) is 4.19. The van der Waals surface area contributed by atoms with Gasteiger partial charge in [-0.1, -0.05) is 5.16 Å². The smallest absolute Gasteiger partial charge is 0.332 e. The van der Waals surface area contributed by atoms with Gasteiger partial charge in [-0.3, -0.25) is 10.1 Å². The van der Waals surface area contributed by atoms with Crippen LogP contribution in [-0.2, 0) is 6.54 Å². The van der Waals surface area contributed by atoms with Crippen LogP contribution in [-0.4, -0.2) is 20.0 Å². The molecule has 1 N–H and O–H groups in total. The molecule has 0 aromatic carbocycles. The number of nitrogens with one attached hydrogen (secondary N) is 1. The topological polar surface area (TPSA) is 107 Å². The van der Waals surface area contributed by atoms with Gasteiger partial charge in [-0.15, -0.1) is 0 Å². The molecule has 0 saturated heterocycles. The van der Waals surface area contributed by atoms with Gasteiger partial charge in [0.25, 0.3) is 0 Å². The first-order valence-electron chi connectivity index (χ1n) is 5.74. The van der Waals surface area contributed by atoms with Crippen LogP contribution in [0.5, 0.6) is 0 Å². The van der Waals surface area contributed by atoms with Gasteiger partial charge in [-0.25, -0.2) is 4.98 Å². The summed E-state index contributed by atoms with van der Waals surface area (Å²) in [6.45, 7) is 5.37. The molecule has 8 nitrogen and oxygen atoms in total. The van der Waals surface area contributed by atoms with Gasteiger partial charge >= 0.3 is 5.69 Å². The molecule has 0 atom stereocenters. The summed E-state index contributed by atoms with van der Waals surface area (Å²) in [5.74, 6) is 0.724. The molecular formula is C11H12ClN5O3. The van der Waals surface area contributed by atoms with E-state index in [2.05, 4.69) is 20.4 Å². The third-order valence-corrected chi connectivity index (χ3v) is 3.00. The number of halogens is 1. The van der Waals surface area contributed by atoms with Crippen molar-refractivity contribution in [3.05, 3.63) is 38.1 Å². The van der Waals surface area contributed by atoms with Crippen LogP contribution >= 0.6 is 11.6 Å². The van der Waals surface area contributed by atoms with Crippen molar-refractivity contribution in [3.8, 4) is 0 Å². The van der Waals surface area contributed by atoms with Gasteiger partial charge in [0.1, 0.15) is 11.5 Å². The van der Waals surface area contributed by atoms with E-state index in [-0.39, 0.29) is 22.5 Å². The van der Waals surface area contributed by atoms with Crippen LogP contribution in [0.4, 0.5) is 11.5 Å². The van der Waals surface area contributed by atoms with Crippen molar-refractivity contribution in [1.82, 2.24) is 15.1 Å². The van der Waals surface area contributed by atoms with Crippen LogP contribution in [0.1, 0.15) is 22.7 Å². The summed E-state index contributed by atoms with van der Waals surface area (Å²) < 4.78 is 5.03. The highest BCUT2D eigenvalue weighted by molar-refractivity contribution is 6.28. The summed E-state index contributed by atoms with van der Waals surface area (Å²) in [4.78, 5) is 18.2. The van der Waals surface area contributed by atoms with Gasteiger partial charge in [-0.2, -0.15) is 4.98 Å². The molecule has 2 aromatic rings.